The monoisotopic (exact) mass is 357 g/mol. The molecule has 0 bridgehead atoms. The molecule has 0 radical (unpaired) electrons. The van der Waals surface area contributed by atoms with Crippen LogP contribution < -0.4 is 5.32 Å². The van der Waals surface area contributed by atoms with Crippen LogP contribution in [-0.4, -0.2) is 29.0 Å². The summed E-state index contributed by atoms with van der Waals surface area (Å²) in [4.78, 5) is 23.6. The SMILES string of the molecule is CC(C)(C)OC(=O)[C@@H](CBr)NC(=O)OCc1ccccc1. The number of ether oxygens (including phenoxy) is 2. The Morgan fingerprint density at radius 1 is 1.24 bits per heavy atom. The van der Waals surface area contributed by atoms with Crippen molar-refractivity contribution in [1.29, 1.82) is 0 Å². The lowest BCUT2D eigenvalue weighted by atomic mass is 10.2. The Labute approximate surface area is 133 Å². The summed E-state index contributed by atoms with van der Waals surface area (Å²) in [6.45, 7) is 5.45. The van der Waals surface area contributed by atoms with Gasteiger partial charge < -0.3 is 14.8 Å². The van der Waals surface area contributed by atoms with Crippen LogP contribution in [0.25, 0.3) is 0 Å². The molecule has 21 heavy (non-hydrogen) atoms. The molecule has 0 aromatic heterocycles. The molecule has 1 atom stereocenters. The maximum atomic E-state index is 11.9. The molecule has 6 heteroatoms. The number of amides is 1. The lowest BCUT2D eigenvalue weighted by Crippen LogP contribution is -2.45. The second-order valence-corrected chi connectivity index (χ2v) is 6.09. The van der Waals surface area contributed by atoms with E-state index in [-0.39, 0.29) is 11.9 Å². The van der Waals surface area contributed by atoms with E-state index in [1.807, 2.05) is 30.3 Å². The van der Waals surface area contributed by atoms with E-state index in [2.05, 4.69) is 21.2 Å². The lowest BCUT2D eigenvalue weighted by molar-refractivity contribution is -0.156. The molecule has 116 valence electrons. The summed E-state index contributed by atoms with van der Waals surface area (Å²) in [7, 11) is 0. The molecule has 0 aliphatic rings. The summed E-state index contributed by atoms with van der Waals surface area (Å²) in [6, 6.07) is 8.52. The fourth-order valence-electron chi connectivity index (χ4n) is 1.44. The van der Waals surface area contributed by atoms with Gasteiger partial charge in [0, 0.05) is 5.33 Å². The molecule has 0 unspecified atom stereocenters. The summed E-state index contributed by atoms with van der Waals surface area (Å²) >= 11 is 3.18. The van der Waals surface area contributed by atoms with E-state index in [0.29, 0.717) is 0 Å². The van der Waals surface area contributed by atoms with Crippen molar-refractivity contribution in [1.82, 2.24) is 5.32 Å². The number of rotatable bonds is 5. The molecule has 0 spiro atoms. The summed E-state index contributed by atoms with van der Waals surface area (Å²) in [6.07, 6.45) is -0.658. The number of alkyl halides is 1. The molecule has 0 saturated carbocycles. The van der Waals surface area contributed by atoms with Gasteiger partial charge in [0.1, 0.15) is 18.2 Å². The molecule has 0 heterocycles. The zero-order valence-corrected chi connectivity index (χ0v) is 14.0. The minimum Gasteiger partial charge on any atom is -0.458 e. The highest BCUT2D eigenvalue weighted by Gasteiger charge is 2.26. The first-order chi connectivity index (χ1) is 9.81. The summed E-state index contributed by atoms with van der Waals surface area (Å²) in [5, 5.41) is 2.73. The van der Waals surface area contributed by atoms with E-state index in [4.69, 9.17) is 9.47 Å². The van der Waals surface area contributed by atoms with Gasteiger partial charge in [0.2, 0.25) is 0 Å². The molecule has 1 rings (SSSR count). The summed E-state index contributed by atoms with van der Waals surface area (Å²) in [5.41, 5.74) is 0.271. The first kappa shape index (κ1) is 17.5. The van der Waals surface area contributed by atoms with Crippen LogP contribution in [0, 0.1) is 0 Å². The van der Waals surface area contributed by atoms with E-state index < -0.39 is 23.7 Å². The number of nitrogens with one attached hydrogen (secondary N) is 1. The number of hydrogen-bond donors (Lipinski definition) is 1. The van der Waals surface area contributed by atoms with E-state index in [9.17, 15) is 9.59 Å². The summed E-state index contributed by atoms with van der Waals surface area (Å²) in [5.74, 6) is -0.504. The molecular formula is C15H20BrNO4. The molecule has 1 aromatic rings. The molecule has 0 aliphatic heterocycles. The fourth-order valence-corrected chi connectivity index (χ4v) is 1.87. The van der Waals surface area contributed by atoms with Gasteiger partial charge in [0.15, 0.2) is 0 Å². The van der Waals surface area contributed by atoms with Crippen LogP contribution in [0.2, 0.25) is 0 Å². The first-order valence-electron chi connectivity index (χ1n) is 6.58. The smallest absolute Gasteiger partial charge is 0.408 e. The number of alkyl carbamates (subject to hydrolysis) is 1. The van der Waals surface area contributed by atoms with Gasteiger partial charge in [-0.3, -0.25) is 0 Å². The Morgan fingerprint density at radius 3 is 2.38 bits per heavy atom. The highest BCUT2D eigenvalue weighted by atomic mass is 79.9. The van der Waals surface area contributed by atoms with Crippen molar-refractivity contribution in [3.63, 3.8) is 0 Å². The standard InChI is InChI=1S/C15H20BrNO4/c1-15(2,3)21-13(18)12(9-16)17-14(19)20-10-11-7-5-4-6-8-11/h4-8,12H,9-10H2,1-3H3,(H,17,19)/t12-/m1/s1. The Balaban J connectivity index is 2.45. The molecule has 5 nitrogen and oxygen atoms in total. The third-order valence-corrected chi connectivity index (χ3v) is 3.00. The first-order valence-corrected chi connectivity index (χ1v) is 7.70. The van der Waals surface area contributed by atoms with Crippen LogP contribution in [0.5, 0.6) is 0 Å². The molecule has 1 amide bonds. The molecule has 1 N–H and O–H groups in total. The van der Waals surface area contributed by atoms with Gasteiger partial charge in [0.05, 0.1) is 0 Å². The van der Waals surface area contributed by atoms with E-state index >= 15 is 0 Å². The van der Waals surface area contributed by atoms with Crippen LogP contribution in [0.1, 0.15) is 26.3 Å². The maximum Gasteiger partial charge on any atom is 0.408 e. The largest absolute Gasteiger partial charge is 0.458 e. The minimum absolute atomic E-state index is 0.149. The topological polar surface area (TPSA) is 64.6 Å². The van der Waals surface area contributed by atoms with Crippen molar-refractivity contribution in [3.8, 4) is 0 Å². The van der Waals surface area contributed by atoms with Crippen molar-refractivity contribution in [2.45, 2.75) is 39.0 Å². The van der Waals surface area contributed by atoms with Crippen molar-refractivity contribution in [3.05, 3.63) is 35.9 Å². The van der Waals surface area contributed by atoms with Gasteiger partial charge in [-0.15, -0.1) is 0 Å². The number of hydrogen-bond acceptors (Lipinski definition) is 4. The molecular weight excluding hydrogens is 338 g/mol. The second-order valence-electron chi connectivity index (χ2n) is 5.45. The van der Waals surface area contributed by atoms with Crippen LogP contribution in [0.3, 0.4) is 0 Å². The van der Waals surface area contributed by atoms with Crippen LogP contribution >= 0.6 is 15.9 Å². The van der Waals surface area contributed by atoms with Crippen molar-refractivity contribution < 1.29 is 19.1 Å². The number of esters is 1. The Morgan fingerprint density at radius 2 is 1.86 bits per heavy atom. The Bertz CT molecular complexity index is 470. The normalized spacial score (nSPS) is 12.4. The van der Waals surface area contributed by atoms with Crippen LogP contribution in [0.4, 0.5) is 4.79 Å². The minimum atomic E-state index is -0.785. The van der Waals surface area contributed by atoms with Crippen molar-refractivity contribution in [2.24, 2.45) is 0 Å². The average molecular weight is 358 g/mol. The zero-order chi connectivity index (χ0) is 15.9. The maximum absolute atomic E-state index is 11.9. The van der Waals surface area contributed by atoms with Crippen molar-refractivity contribution in [2.75, 3.05) is 5.33 Å². The van der Waals surface area contributed by atoms with E-state index in [1.54, 1.807) is 20.8 Å². The fraction of sp³-hybridized carbons (Fsp3) is 0.467. The Kier molecular flexibility index (Phi) is 6.68. The molecule has 1 aromatic carbocycles. The van der Waals surface area contributed by atoms with Gasteiger partial charge in [-0.2, -0.15) is 0 Å². The lowest BCUT2D eigenvalue weighted by Gasteiger charge is -2.23. The predicted octanol–water partition coefficient (Wildman–Crippen LogP) is 3.02. The third-order valence-electron chi connectivity index (χ3n) is 2.35. The molecule has 0 fully saturated rings. The number of benzene rings is 1. The van der Waals surface area contributed by atoms with Crippen molar-refractivity contribution >= 4 is 28.0 Å². The van der Waals surface area contributed by atoms with Gasteiger partial charge in [-0.25, -0.2) is 9.59 Å². The van der Waals surface area contributed by atoms with Gasteiger partial charge in [0.25, 0.3) is 0 Å². The van der Waals surface area contributed by atoms with Gasteiger partial charge in [-0.05, 0) is 26.3 Å². The van der Waals surface area contributed by atoms with Crippen LogP contribution in [-0.2, 0) is 20.9 Å². The predicted molar refractivity (Wildman–Crippen MR) is 83.2 cm³/mol. The van der Waals surface area contributed by atoms with Gasteiger partial charge >= 0.3 is 12.1 Å². The molecule has 0 saturated heterocycles. The van der Waals surface area contributed by atoms with E-state index in [0.717, 1.165) is 5.56 Å². The average Bonchev–Trinajstić information content (AvgIpc) is 2.41. The third kappa shape index (κ3) is 7.13. The van der Waals surface area contributed by atoms with Crippen LogP contribution in [0.15, 0.2) is 30.3 Å². The quantitative estimate of drug-likeness (QED) is 0.649. The Hall–Kier alpha value is -1.56. The van der Waals surface area contributed by atoms with Gasteiger partial charge in [-0.1, -0.05) is 46.3 Å². The highest BCUT2D eigenvalue weighted by Crippen LogP contribution is 2.09. The second kappa shape index (κ2) is 8.02. The summed E-state index contributed by atoms with van der Waals surface area (Å²) < 4.78 is 10.3. The number of carbonyl (C=O) groups excluding carboxylic acids is 2. The van der Waals surface area contributed by atoms with E-state index in [1.165, 1.54) is 0 Å². The highest BCUT2D eigenvalue weighted by molar-refractivity contribution is 9.09. The zero-order valence-electron chi connectivity index (χ0n) is 12.4. The number of halogens is 1. The number of carbonyl (C=O) groups is 2. The molecule has 0 aliphatic carbocycles.